The second kappa shape index (κ2) is 12.2. The maximum atomic E-state index is 12.0. The number of nitrogens with one attached hydrogen (secondary N) is 1. The van der Waals surface area contributed by atoms with Gasteiger partial charge in [-0.05, 0) is 32.0 Å². The molecule has 0 saturated heterocycles. The fourth-order valence-electron chi connectivity index (χ4n) is 2.36. The first kappa shape index (κ1) is 20.8. The van der Waals surface area contributed by atoms with Gasteiger partial charge in [-0.2, -0.15) is 5.10 Å². The van der Waals surface area contributed by atoms with E-state index in [4.69, 9.17) is 4.42 Å². The molecule has 1 amide bonds. The lowest BCUT2D eigenvalue weighted by Gasteiger charge is -2.21. The van der Waals surface area contributed by atoms with E-state index in [0.717, 1.165) is 51.6 Å². The van der Waals surface area contributed by atoms with Gasteiger partial charge in [0.1, 0.15) is 4.92 Å². The van der Waals surface area contributed by atoms with Gasteiger partial charge in [0.15, 0.2) is 5.76 Å². The Balaban J connectivity index is 2.42. The molecule has 1 heterocycles. The Bertz CT molecular complexity index is 547. The highest BCUT2D eigenvalue weighted by molar-refractivity contribution is 5.81. The number of nitro groups is 1. The molecule has 0 bridgehead atoms. The van der Waals surface area contributed by atoms with Crippen LogP contribution < -0.4 is 5.43 Å². The van der Waals surface area contributed by atoms with Crippen molar-refractivity contribution >= 4 is 18.0 Å². The molecule has 0 aliphatic rings. The van der Waals surface area contributed by atoms with Gasteiger partial charge in [0.05, 0.1) is 18.8 Å². The molecule has 0 aromatic carbocycles. The summed E-state index contributed by atoms with van der Waals surface area (Å²) in [5, 5.41) is 14.3. The van der Waals surface area contributed by atoms with Crippen molar-refractivity contribution in [1.29, 1.82) is 0 Å². The molecule has 8 nitrogen and oxygen atoms in total. The fourth-order valence-corrected chi connectivity index (χ4v) is 2.36. The lowest BCUT2D eigenvalue weighted by Crippen LogP contribution is -2.36. The zero-order valence-electron chi connectivity index (χ0n) is 15.1. The van der Waals surface area contributed by atoms with E-state index in [9.17, 15) is 14.9 Å². The number of furan rings is 1. The average molecular weight is 352 g/mol. The van der Waals surface area contributed by atoms with Crippen LogP contribution in [-0.2, 0) is 4.79 Å². The van der Waals surface area contributed by atoms with E-state index in [1.54, 1.807) is 0 Å². The fraction of sp³-hybridized carbons (Fsp3) is 0.647. The Morgan fingerprint density at radius 2 is 1.88 bits per heavy atom. The number of unbranched alkanes of at least 4 members (excludes halogenated alkanes) is 4. The van der Waals surface area contributed by atoms with E-state index in [1.807, 2.05) is 0 Å². The summed E-state index contributed by atoms with van der Waals surface area (Å²) < 4.78 is 4.93. The molecular weight excluding hydrogens is 324 g/mol. The Morgan fingerprint density at radius 3 is 2.40 bits per heavy atom. The highest BCUT2D eigenvalue weighted by Gasteiger charge is 2.11. The Kier molecular flexibility index (Phi) is 10.2. The third-order valence-corrected chi connectivity index (χ3v) is 3.70. The number of nitrogens with zero attached hydrogens (tertiary/aromatic N) is 3. The third kappa shape index (κ3) is 8.99. The number of hydrogen-bond donors (Lipinski definition) is 1. The van der Waals surface area contributed by atoms with Crippen molar-refractivity contribution in [2.24, 2.45) is 5.10 Å². The molecule has 1 aromatic rings. The third-order valence-electron chi connectivity index (χ3n) is 3.70. The van der Waals surface area contributed by atoms with Crippen molar-refractivity contribution in [3.8, 4) is 0 Å². The van der Waals surface area contributed by atoms with Gasteiger partial charge in [-0.25, -0.2) is 5.43 Å². The summed E-state index contributed by atoms with van der Waals surface area (Å²) in [4.78, 5) is 24.1. The van der Waals surface area contributed by atoms with Crippen LogP contribution in [0.15, 0.2) is 21.7 Å². The number of amides is 1. The largest absolute Gasteiger partial charge is 0.433 e. The Hall–Kier alpha value is -2.22. The number of rotatable bonds is 13. The standard InChI is InChI=1S/C17H28N4O4/c1-3-5-7-11-20(12-8-6-4-2)14-16(22)19-18-13-15-9-10-17(25-15)21(23)24/h9-10,13H,3-8,11-12,14H2,1-2H3,(H,19,22)/b18-13-. The molecule has 0 fully saturated rings. The molecule has 0 spiro atoms. The summed E-state index contributed by atoms with van der Waals surface area (Å²) in [7, 11) is 0. The van der Waals surface area contributed by atoms with Gasteiger partial charge in [-0.3, -0.25) is 19.8 Å². The molecule has 0 unspecified atom stereocenters. The molecule has 0 aliphatic carbocycles. The highest BCUT2D eigenvalue weighted by Crippen LogP contribution is 2.13. The predicted octanol–water partition coefficient (Wildman–Crippen LogP) is 3.32. The lowest BCUT2D eigenvalue weighted by atomic mass is 10.2. The van der Waals surface area contributed by atoms with E-state index in [1.165, 1.54) is 18.3 Å². The number of carbonyl (C=O) groups excluding carboxylic acids is 1. The van der Waals surface area contributed by atoms with Crippen molar-refractivity contribution in [3.63, 3.8) is 0 Å². The minimum atomic E-state index is -0.625. The maximum Gasteiger partial charge on any atom is 0.433 e. The second-order valence-electron chi connectivity index (χ2n) is 5.92. The lowest BCUT2D eigenvalue weighted by molar-refractivity contribution is -0.402. The van der Waals surface area contributed by atoms with Gasteiger partial charge >= 0.3 is 5.88 Å². The molecule has 0 saturated carbocycles. The minimum Gasteiger partial charge on any atom is -0.400 e. The van der Waals surface area contributed by atoms with Crippen LogP contribution in [0, 0.1) is 10.1 Å². The second-order valence-corrected chi connectivity index (χ2v) is 5.92. The van der Waals surface area contributed by atoms with Crippen LogP contribution in [0.4, 0.5) is 5.88 Å². The predicted molar refractivity (Wildman–Crippen MR) is 96.6 cm³/mol. The molecule has 1 rings (SSSR count). The summed E-state index contributed by atoms with van der Waals surface area (Å²) in [5.74, 6) is -0.342. The smallest absolute Gasteiger partial charge is 0.400 e. The van der Waals surface area contributed by atoms with Crippen LogP contribution in [0.2, 0.25) is 0 Å². The van der Waals surface area contributed by atoms with Crippen LogP contribution in [-0.4, -0.2) is 41.6 Å². The summed E-state index contributed by atoms with van der Waals surface area (Å²) in [5.41, 5.74) is 2.44. The van der Waals surface area contributed by atoms with Crippen molar-refractivity contribution in [3.05, 3.63) is 28.0 Å². The normalized spacial score (nSPS) is 11.3. The van der Waals surface area contributed by atoms with Crippen molar-refractivity contribution < 1.29 is 14.1 Å². The van der Waals surface area contributed by atoms with Gasteiger partial charge in [-0.1, -0.05) is 39.5 Å². The summed E-state index contributed by atoms with van der Waals surface area (Å²) in [6.07, 6.45) is 8.01. The van der Waals surface area contributed by atoms with Gasteiger partial charge in [0, 0.05) is 0 Å². The van der Waals surface area contributed by atoms with Crippen LogP contribution in [0.3, 0.4) is 0 Å². The Morgan fingerprint density at radius 1 is 1.24 bits per heavy atom. The first-order valence-electron chi connectivity index (χ1n) is 8.85. The van der Waals surface area contributed by atoms with Crippen LogP contribution in [0.25, 0.3) is 0 Å². The van der Waals surface area contributed by atoms with E-state index in [0.29, 0.717) is 6.54 Å². The first-order chi connectivity index (χ1) is 12.1. The number of hydrazone groups is 1. The number of carbonyl (C=O) groups is 1. The van der Waals surface area contributed by atoms with Crippen molar-refractivity contribution in [2.45, 2.75) is 52.4 Å². The van der Waals surface area contributed by atoms with Crippen LogP contribution in [0.1, 0.15) is 58.1 Å². The van der Waals surface area contributed by atoms with E-state index in [2.05, 4.69) is 29.3 Å². The average Bonchev–Trinajstić information content (AvgIpc) is 3.04. The van der Waals surface area contributed by atoms with E-state index in [-0.39, 0.29) is 17.6 Å². The maximum absolute atomic E-state index is 12.0. The quantitative estimate of drug-likeness (QED) is 0.254. The van der Waals surface area contributed by atoms with Crippen LogP contribution >= 0.6 is 0 Å². The molecule has 0 radical (unpaired) electrons. The molecule has 25 heavy (non-hydrogen) atoms. The SMILES string of the molecule is CCCCCN(CCCCC)CC(=O)N/N=C\c1ccc([N+](=O)[O-])o1. The first-order valence-corrected chi connectivity index (χ1v) is 8.85. The monoisotopic (exact) mass is 352 g/mol. The molecule has 1 aromatic heterocycles. The van der Waals surface area contributed by atoms with Crippen LogP contribution in [0.5, 0.6) is 0 Å². The minimum absolute atomic E-state index is 0.203. The summed E-state index contributed by atoms with van der Waals surface area (Å²) in [6.45, 7) is 6.41. The topological polar surface area (TPSA) is 101 Å². The molecular formula is C17H28N4O4. The van der Waals surface area contributed by atoms with Crippen molar-refractivity contribution in [2.75, 3.05) is 19.6 Å². The van der Waals surface area contributed by atoms with Gasteiger partial charge < -0.3 is 4.42 Å². The summed E-state index contributed by atoms with van der Waals surface area (Å²) >= 11 is 0. The highest BCUT2D eigenvalue weighted by atomic mass is 16.6. The molecule has 140 valence electrons. The van der Waals surface area contributed by atoms with Gasteiger partial charge in [-0.15, -0.1) is 0 Å². The Labute approximate surface area is 148 Å². The van der Waals surface area contributed by atoms with E-state index < -0.39 is 4.92 Å². The molecule has 0 aliphatic heterocycles. The van der Waals surface area contributed by atoms with E-state index >= 15 is 0 Å². The molecule has 0 atom stereocenters. The van der Waals surface area contributed by atoms with Gasteiger partial charge in [0.2, 0.25) is 0 Å². The summed E-state index contributed by atoms with van der Waals surface area (Å²) in [6, 6.07) is 2.67. The van der Waals surface area contributed by atoms with Gasteiger partial charge in [0.25, 0.3) is 5.91 Å². The molecule has 1 N–H and O–H groups in total. The van der Waals surface area contributed by atoms with Crippen molar-refractivity contribution in [1.82, 2.24) is 10.3 Å². The number of hydrogen-bond acceptors (Lipinski definition) is 6. The molecule has 8 heteroatoms. The zero-order valence-corrected chi connectivity index (χ0v) is 15.1. The zero-order chi connectivity index (χ0) is 18.5.